The molecule has 0 saturated heterocycles. The van der Waals surface area contributed by atoms with Crippen LogP contribution in [0.25, 0.3) is 0 Å². The number of nitrogens with zero attached hydrogens (tertiary/aromatic N) is 5. The lowest BCUT2D eigenvalue weighted by molar-refractivity contribution is -0.719. The van der Waals surface area contributed by atoms with Gasteiger partial charge in [0.1, 0.15) is 12.7 Å². The molecule has 0 N–H and O–H groups in total. The van der Waals surface area contributed by atoms with Crippen LogP contribution in [0.4, 0.5) is 17.2 Å². The van der Waals surface area contributed by atoms with Crippen LogP contribution in [0.1, 0.15) is 6.92 Å². The van der Waals surface area contributed by atoms with Gasteiger partial charge in [0.05, 0.1) is 11.7 Å². The van der Waals surface area contributed by atoms with Crippen LogP contribution in [0, 0.1) is 0 Å². The van der Waals surface area contributed by atoms with Gasteiger partial charge in [-0.15, -0.1) is 4.68 Å². The molecule has 0 aliphatic heterocycles. The summed E-state index contributed by atoms with van der Waals surface area (Å²) in [5.74, 6) is 1.24. The Labute approximate surface area is 124 Å². The number of ether oxygens (including phenoxy) is 1. The minimum Gasteiger partial charge on any atom is -0.476 e. The molecular formula is C15H20N5O+. The van der Waals surface area contributed by atoms with Crippen LogP contribution in [-0.2, 0) is 7.05 Å². The predicted octanol–water partition coefficient (Wildman–Crippen LogP) is 2.79. The molecule has 1 aromatic heterocycles. The Kier molecular flexibility index (Phi) is 4.81. The van der Waals surface area contributed by atoms with Crippen LogP contribution in [0.15, 0.2) is 46.6 Å². The normalized spacial score (nSPS) is 10.9. The van der Waals surface area contributed by atoms with Crippen LogP contribution in [0.3, 0.4) is 0 Å². The molecule has 21 heavy (non-hydrogen) atoms. The van der Waals surface area contributed by atoms with Crippen molar-refractivity contribution in [3.63, 3.8) is 0 Å². The Balaban J connectivity index is 2.13. The van der Waals surface area contributed by atoms with Gasteiger partial charge in [-0.2, -0.15) is 0 Å². The first-order chi connectivity index (χ1) is 10.1. The van der Waals surface area contributed by atoms with E-state index in [1.165, 1.54) is 0 Å². The summed E-state index contributed by atoms with van der Waals surface area (Å²) < 4.78 is 6.97. The van der Waals surface area contributed by atoms with E-state index in [0.717, 1.165) is 11.4 Å². The maximum atomic E-state index is 5.33. The standard InChI is InChI=1S/C15H20N5O/c1-5-21-15-11-10-14(20(4)18-15)17-16-12-6-8-13(9-7-12)19(2)3/h6-11H,5H2,1-4H3/q+1. The summed E-state index contributed by atoms with van der Waals surface area (Å²) >= 11 is 0. The highest BCUT2D eigenvalue weighted by atomic mass is 16.5. The van der Waals surface area contributed by atoms with Crippen molar-refractivity contribution in [3.8, 4) is 5.88 Å². The zero-order valence-electron chi connectivity index (χ0n) is 12.8. The maximum absolute atomic E-state index is 5.33. The third kappa shape index (κ3) is 3.98. The van der Waals surface area contributed by atoms with Crippen molar-refractivity contribution in [1.82, 2.24) is 5.10 Å². The first-order valence-corrected chi connectivity index (χ1v) is 6.79. The lowest BCUT2D eigenvalue weighted by Gasteiger charge is -2.11. The van der Waals surface area contributed by atoms with E-state index in [1.54, 1.807) is 10.7 Å². The van der Waals surface area contributed by atoms with Crippen LogP contribution in [-0.4, -0.2) is 25.8 Å². The monoisotopic (exact) mass is 286 g/mol. The molecule has 1 heterocycles. The van der Waals surface area contributed by atoms with Gasteiger partial charge in [0, 0.05) is 31.9 Å². The fourth-order valence-electron chi connectivity index (χ4n) is 1.74. The number of anilines is 1. The van der Waals surface area contributed by atoms with E-state index in [1.807, 2.05) is 63.3 Å². The van der Waals surface area contributed by atoms with Crippen LogP contribution < -0.4 is 14.3 Å². The zero-order valence-corrected chi connectivity index (χ0v) is 12.8. The molecule has 110 valence electrons. The summed E-state index contributed by atoms with van der Waals surface area (Å²) in [5.41, 5.74) is 1.93. The van der Waals surface area contributed by atoms with Crippen LogP contribution >= 0.6 is 0 Å². The molecule has 0 bridgehead atoms. The van der Waals surface area contributed by atoms with E-state index >= 15 is 0 Å². The predicted molar refractivity (Wildman–Crippen MR) is 81.5 cm³/mol. The van der Waals surface area contributed by atoms with Gasteiger partial charge in [-0.1, -0.05) is 0 Å². The van der Waals surface area contributed by atoms with Crippen molar-refractivity contribution in [1.29, 1.82) is 0 Å². The second-order valence-corrected chi connectivity index (χ2v) is 4.70. The van der Waals surface area contributed by atoms with E-state index in [4.69, 9.17) is 4.74 Å². The van der Waals surface area contributed by atoms with Gasteiger partial charge in [-0.3, -0.25) is 0 Å². The third-order valence-corrected chi connectivity index (χ3v) is 2.88. The lowest BCUT2D eigenvalue weighted by atomic mass is 10.3. The van der Waals surface area contributed by atoms with Gasteiger partial charge < -0.3 is 9.64 Å². The number of benzene rings is 1. The molecule has 0 saturated carbocycles. The van der Waals surface area contributed by atoms with Gasteiger partial charge in [-0.05, 0) is 41.4 Å². The molecule has 0 unspecified atom stereocenters. The first-order valence-electron chi connectivity index (χ1n) is 6.79. The molecule has 0 fully saturated rings. The molecule has 1 aromatic carbocycles. The number of aryl methyl sites for hydroxylation is 1. The van der Waals surface area contributed by atoms with Crippen LogP contribution in [0.2, 0.25) is 0 Å². The van der Waals surface area contributed by atoms with Gasteiger partial charge in [0.15, 0.2) is 0 Å². The van der Waals surface area contributed by atoms with Crippen molar-refractivity contribution in [3.05, 3.63) is 36.4 Å². The highest BCUT2D eigenvalue weighted by molar-refractivity contribution is 5.51. The summed E-state index contributed by atoms with van der Waals surface area (Å²) in [6.07, 6.45) is 0. The molecule has 0 aliphatic carbocycles. The van der Waals surface area contributed by atoms with Gasteiger partial charge in [0.2, 0.25) is 0 Å². The number of rotatable bonds is 5. The van der Waals surface area contributed by atoms with Gasteiger partial charge >= 0.3 is 5.82 Å². The second-order valence-electron chi connectivity index (χ2n) is 4.70. The molecule has 0 spiro atoms. The average Bonchev–Trinajstić information content (AvgIpc) is 2.47. The molecule has 0 aliphatic rings. The third-order valence-electron chi connectivity index (χ3n) is 2.88. The number of azo groups is 1. The highest BCUT2D eigenvalue weighted by Gasteiger charge is 2.09. The van der Waals surface area contributed by atoms with Crippen molar-refractivity contribution in [2.24, 2.45) is 17.3 Å². The van der Waals surface area contributed by atoms with Crippen LogP contribution in [0.5, 0.6) is 5.88 Å². The number of hydrogen-bond acceptors (Lipinski definition) is 5. The minimum atomic E-state index is 0.578. The lowest BCUT2D eigenvalue weighted by Crippen LogP contribution is -2.33. The molecule has 6 nitrogen and oxygen atoms in total. The smallest absolute Gasteiger partial charge is 0.370 e. The summed E-state index contributed by atoms with van der Waals surface area (Å²) in [6.45, 7) is 2.51. The average molecular weight is 286 g/mol. The van der Waals surface area contributed by atoms with Crippen molar-refractivity contribution >= 4 is 17.2 Å². The Morgan fingerprint density at radius 2 is 1.81 bits per heavy atom. The molecule has 0 atom stereocenters. The Bertz CT molecular complexity index is 622. The SMILES string of the molecule is CCOc1ccc(N=Nc2ccc(N(C)C)cc2)[n+](C)n1. The molecule has 0 amide bonds. The van der Waals surface area contributed by atoms with Gasteiger partial charge in [-0.25, -0.2) is 0 Å². The summed E-state index contributed by atoms with van der Waals surface area (Å²) in [7, 11) is 5.82. The van der Waals surface area contributed by atoms with E-state index < -0.39 is 0 Å². The maximum Gasteiger partial charge on any atom is 0.370 e. The van der Waals surface area contributed by atoms with E-state index in [2.05, 4.69) is 15.3 Å². The number of aromatic nitrogens is 2. The summed E-state index contributed by atoms with van der Waals surface area (Å²) in [6, 6.07) is 11.5. The van der Waals surface area contributed by atoms with Crippen molar-refractivity contribution in [2.75, 3.05) is 25.6 Å². The molecule has 2 rings (SSSR count). The zero-order chi connectivity index (χ0) is 15.2. The molecule has 0 radical (unpaired) electrons. The number of hydrogen-bond donors (Lipinski definition) is 0. The topological polar surface area (TPSA) is 54.0 Å². The molecular weight excluding hydrogens is 266 g/mol. The summed E-state index contributed by atoms with van der Waals surface area (Å²) in [5, 5.41) is 12.7. The first kappa shape index (κ1) is 14.9. The molecule has 2 aromatic rings. The van der Waals surface area contributed by atoms with E-state index in [9.17, 15) is 0 Å². The Hall–Kier alpha value is -2.50. The fourth-order valence-corrected chi connectivity index (χ4v) is 1.74. The minimum absolute atomic E-state index is 0.578. The quantitative estimate of drug-likeness (QED) is 0.627. The highest BCUT2D eigenvalue weighted by Crippen LogP contribution is 2.20. The Morgan fingerprint density at radius 3 is 2.38 bits per heavy atom. The Morgan fingerprint density at radius 1 is 1.10 bits per heavy atom. The fraction of sp³-hybridized carbons (Fsp3) is 0.333. The van der Waals surface area contributed by atoms with E-state index in [-0.39, 0.29) is 0 Å². The van der Waals surface area contributed by atoms with Gasteiger partial charge in [0.25, 0.3) is 5.88 Å². The summed E-state index contributed by atoms with van der Waals surface area (Å²) in [4.78, 5) is 2.04. The van der Waals surface area contributed by atoms with Crippen molar-refractivity contribution < 1.29 is 9.42 Å². The molecule has 6 heteroatoms. The van der Waals surface area contributed by atoms with Crippen molar-refractivity contribution in [2.45, 2.75) is 6.92 Å². The second kappa shape index (κ2) is 6.78. The largest absolute Gasteiger partial charge is 0.476 e. The van der Waals surface area contributed by atoms with E-state index in [0.29, 0.717) is 18.3 Å².